The number of carbonyl (C=O) groups excluding carboxylic acids is 1. The number of thiophene rings is 1. The highest BCUT2D eigenvalue weighted by Crippen LogP contribution is 2.35. The van der Waals surface area contributed by atoms with Gasteiger partial charge in [0.2, 0.25) is 0 Å². The third kappa shape index (κ3) is 2.58. The largest absolute Gasteiger partial charge is 0.427 e. The van der Waals surface area contributed by atoms with E-state index >= 15 is 0 Å². The quantitative estimate of drug-likeness (QED) is 0.498. The van der Waals surface area contributed by atoms with Crippen LogP contribution >= 0.6 is 11.3 Å². The molecule has 0 unspecified atom stereocenters. The third-order valence-corrected chi connectivity index (χ3v) is 4.20. The molecule has 0 aliphatic carbocycles. The summed E-state index contributed by atoms with van der Waals surface area (Å²) in [4.78, 5) is 12.2. The summed E-state index contributed by atoms with van der Waals surface area (Å²) in [6.07, 6.45) is 0. The minimum Gasteiger partial charge on any atom is -0.427 e. The van der Waals surface area contributed by atoms with Crippen LogP contribution in [0.5, 0.6) is 5.75 Å². The molecule has 0 saturated heterocycles. The number of hydrogen-bond donors (Lipinski definition) is 0. The van der Waals surface area contributed by atoms with Crippen molar-refractivity contribution in [2.75, 3.05) is 0 Å². The van der Waals surface area contributed by atoms with Gasteiger partial charge >= 0.3 is 5.97 Å². The highest BCUT2D eigenvalue weighted by atomic mass is 32.1. The fourth-order valence-electron chi connectivity index (χ4n) is 2.16. The first-order valence-electron chi connectivity index (χ1n) is 6.41. The van der Waals surface area contributed by atoms with Gasteiger partial charge in [-0.05, 0) is 47.7 Å². The van der Waals surface area contributed by atoms with E-state index < -0.39 is 0 Å². The average molecular weight is 282 g/mol. The zero-order valence-corrected chi connectivity index (χ0v) is 12.2. The third-order valence-electron chi connectivity index (χ3n) is 3.06. The molecule has 0 amide bonds. The predicted molar refractivity (Wildman–Crippen MR) is 83.3 cm³/mol. The summed E-state index contributed by atoms with van der Waals surface area (Å²) in [7, 11) is 0. The van der Waals surface area contributed by atoms with E-state index in [9.17, 15) is 4.79 Å². The Morgan fingerprint density at radius 1 is 1.10 bits per heavy atom. The van der Waals surface area contributed by atoms with E-state index in [1.807, 2.05) is 18.2 Å². The maximum Gasteiger partial charge on any atom is 0.308 e. The molecule has 0 atom stereocenters. The first-order chi connectivity index (χ1) is 9.61. The molecule has 0 aliphatic rings. The lowest BCUT2D eigenvalue weighted by Gasteiger charge is -2.02. The van der Waals surface area contributed by atoms with Crippen LogP contribution in [-0.2, 0) is 4.79 Å². The second kappa shape index (κ2) is 5.10. The number of benzene rings is 2. The zero-order chi connectivity index (χ0) is 14.1. The van der Waals surface area contributed by atoms with E-state index in [2.05, 4.69) is 31.2 Å². The molecule has 0 aliphatic heterocycles. The van der Waals surface area contributed by atoms with Crippen molar-refractivity contribution >= 4 is 27.4 Å². The van der Waals surface area contributed by atoms with Crippen molar-refractivity contribution < 1.29 is 9.53 Å². The van der Waals surface area contributed by atoms with Crippen LogP contribution in [0.3, 0.4) is 0 Å². The molecule has 3 aromatic rings. The van der Waals surface area contributed by atoms with Crippen LogP contribution in [0, 0.1) is 6.92 Å². The number of ether oxygens (including phenoxy) is 1. The number of aryl methyl sites for hydroxylation is 1. The van der Waals surface area contributed by atoms with Crippen LogP contribution in [-0.4, -0.2) is 5.97 Å². The summed E-state index contributed by atoms with van der Waals surface area (Å²) in [5.74, 6) is 0.290. The van der Waals surface area contributed by atoms with Crippen molar-refractivity contribution in [3.63, 3.8) is 0 Å². The van der Waals surface area contributed by atoms with Crippen molar-refractivity contribution in [1.29, 1.82) is 0 Å². The zero-order valence-electron chi connectivity index (χ0n) is 11.3. The Kier molecular flexibility index (Phi) is 3.28. The topological polar surface area (TPSA) is 26.3 Å². The van der Waals surface area contributed by atoms with Crippen molar-refractivity contribution in [3.05, 3.63) is 54.1 Å². The smallest absolute Gasteiger partial charge is 0.308 e. The molecule has 1 aromatic heterocycles. The molecule has 3 heteroatoms. The van der Waals surface area contributed by atoms with Gasteiger partial charge in [0.1, 0.15) is 5.75 Å². The molecule has 0 saturated carbocycles. The molecule has 2 aromatic carbocycles. The minimum atomic E-state index is -0.297. The summed E-state index contributed by atoms with van der Waals surface area (Å²) in [5.41, 5.74) is 2.34. The van der Waals surface area contributed by atoms with Crippen LogP contribution in [0.4, 0.5) is 0 Å². The fourth-order valence-corrected chi connectivity index (χ4v) is 3.32. The molecule has 2 nitrogen and oxygen atoms in total. The Bertz CT molecular complexity index is 787. The highest BCUT2D eigenvalue weighted by molar-refractivity contribution is 7.22. The van der Waals surface area contributed by atoms with E-state index in [1.165, 1.54) is 27.5 Å². The molecule has 0 N–H and O–H groups in total. The molecule has 20 heavy (non-hydrogen) atoms. The van der Waals surface area contributed by atoms with Gasteiger partial charge in [-0.2, -0.15) is 0 Å². The summed E-state index contributed by atoms with van der Waals surface area (Å²) in [6, 6.07) is 16.3. The summed E-state index contributed by atoms with van der Waals surface area (Å²) in [6.45, 7) is 3.51. The van der Waals surface area contributed by atoms with E-state index in [1.54, 1.807) is 17.4 Å². The first-order valence-corrected chi connectivity index (χ1v) is 7.22. The fraction of sp³-hybridized carbons (Fsp3) is 0.118. The Balaban J connectivity index is 2.03. The van der Waals surface area contributed by atoms with Crippen LogP contribution in [0.2, 0.25) is 0 Å². The summed E-state index contributed by atoms with van der Waals surface area (Å²) < 4.78 is 6.41. The number of hydrogen-bond acceptors (Lipinski definition) is 3. The number of carbonyl (C=O) groups is 1. The van der Waals surface area contributed by atoms with Gasteiger partial charge in [-0.1, -0.05) is 24.3 Å². The molecular formula is C17H14O2S. The van der Waals surface area contributed by atoms with Crippen LogP contribution in [0.1, 0.15) is 12.5 Å². The number of esters is 1. The number of fused-ring (bicyclic) bond motifs is 1. The second-order valence-electron chi connectivity index (χ2n) is 4.77. The van der Waals surface area contributed by atoms with Gasteiger partial charge in [0.05, 0.1) is 0 Å². The average Bonchev–Trinajstić information content (AvgIpc) is 2.81. The summed E-state index contributed by atoms with van der Waals surface area (Å²) >= 11 is 1.75. The Morgan fingerprint density at radius 3 is 2.75 bits per heavy atom. The lowest BCUT2D eigenvalue weighted by Crippen LogP contribution is -2.00. The van der Waals surface area contributed by atoms with Crippen LogP contribution < -0.4 is 4.74 Å². The minimum absolute atomic E-state index is 0.297. The molecule has 3 rings (SSSR count). The SMILES string of the molecule is CC(=O)Oc1cccc(-c2cc3ccc(C)cc3s2)c1. The van der Waals surface area contributed by atoms with Gasteiger partial charge < -0.3 is 4.74 Å². The van der Waals surface area contributed by atoms with Gasteiger partial charge in [0.25, 0.3) is 0 Å². The van der Waals surface area contributed by atoms with Crippen molar-refractivity contribution in [2.24, 2.45) is 0 Å². The van der Waals surface area contributed by atoms with Gasteiger partial charge in [0, 0.05) is 16.5 Å². The lowest BCUT2D eigenvalue weighted by atomic mass is 10.1. The first kappa shape index (κ1) is 12.9. The molecule has 1 heterocycles. The summed E-state index contributed by atoms with van der Waals surface area (Å²) in [5, 5.41) is 1.24. The van der Waals surface area contributed by atoms with E-state index in [0.717, 1.165) is 5.56 Å². The van der Waals surface area contributed by atoms with Crippen molar-refractivity contribution in [3.8, 4) is 16.2 Å². The highest BCUT2D eigenvalue weighted by Gasteiger charge is 2.06. The van der Waals surface area contributed by atoms with Crippen LogP contribution in [0.15, 0.2) is 48.5 Å². The van der Waals surface area contributed by atoms with E-state index in [-0.39, 0.29) is 5.97 Å². The van der Waals surface area contributed by atoms with Crippen molar-refractivity contribution in [2.45, 2.75) is 13.8 Å². The Morgan fingerprint density at radius 2 is 1.95 bits per heavy atom. The molecule has 100 valence electrons. The second-order valence-corrected chi connectivity index (χ2v) is 5.86. The Hall–Kier alpha value is -2.13. The maximum absolute atomic E-state index is 11.0. The molecule has 0 bridgehead atoms. The molecule has 0 spiro atoms. The molecule has 0 fully saturated rings. The van der Waals surface area contributed by atoms with Crippen LogP contribution in [0.25, 0.3) is 20.5 Å². The predicted octanol–water partition coefficient (Wildman–Crippen LogP) is 4.80. The van der Waals surface area contributed by atoms with Gasteiger partial charge in [-0.25, -0.2) is 0 Å². The lowest BCUT2D eigenvalue weighted by molar-refractivity contribution is -0.131. The Labute approximate surface area is 121 Å². The van der Waals surface area contributed by atoms with Gasteiger partial charge in [-0.15, -0.1) is 11.3 Å². The van der Waals surface area contributed by atoms with E-state index in [0.29, 0.717) is 5.75 Å². The monoisotopic (exact) mass is 282 g/mol. The molecular weight excluding hydrogens is 268 g/mol. The van der Waals surface area contributed by atoms with Crippen molar-refractivity contribution in [1.82, 2.24) is 0 Å². The standard InChI is InChI=1S/C17H14O2S/c1-11-6-7-14-10-17(20-16(14)8-11)13-4-3-5-15(9-13)19-12(2)18/h3-10H,1-2H3. The van der Waals surface area contributed by atoms with Gasteiger partial charge in [-0.3, -0.25) is 4.79 Å². The molecule has 0 radical (unpaired) electrons. The maximum atomic E-state index is 11.0. The van der Waals surface area contributed by atoms with E-state index in [4.69, 9.17) is 4.74 Å². The number of rotatable bonds is 2. The normalized spacial score (nSPS) is 10.7. The van der Waals surface area contributed by atoms with Gasteiger partial charge in [0.15, 0.2) is 0 Å².